The molecular formula is C24H25ClN2O2. The highest BCUT2D eigenvalue weighted by atomic mass is 35.5. The Balaban J connectivity index is 2.04. The average Bonchev–Trinajstić information content (AvgIpc) is 3.10. The van der Waals surface area contributed by atoms with Crippen LogP contribution in [0.2, 0.25) is 5.02 Å². The second kappa shape index (κ2) is 10.1. The van der Waals surface area contributed by atoms with Crippen molar-refractivity contribution in [3.63, 3.8) is 0 Å². The summed E-state index contributed by atoms with van der Waals surface area (Å²) in [5.41, 5.74) is 3.59. The summed E-state index contributed by atoms with van der Waals surface area (Å²) in [5.74, 6) is -0.0114. The summed E-state index contributed by atoms with van der Waals surface area (Å²) in [6.45, 7) is 2.70. The fourth-order valence-corrected chi connectivity index (χ4v) is 3.55. The van der Waals surface area contributed by atoms with E-state index in [0.29, 0.717) is 18.0 Å². The smallest absolute Gasteiger partial charge is 0.328 e. The monoisotopic (exact) mass is 408 g/mol. The molecule has 0 radical (unpaired) electrons. The van der Waals surface area contributed by atoms with Crippen LogP contribution in [-0.2, 0) is 24.2 Å². The van der Waals surface area contributed by atoms with Crippen LogP contribution in [0.25, 0.3) is 5.57 Å². The van der Waals surface area contributed by atoms with Crippen molar-refractivity contribution in [3.05, 3.63) is 94.5 Å². The summed E-state index contributed by atoms with van der Waals surface area (Å²) in [7, 11) is 0. The van der Waals surface area contributed by atoms with Crippen LogP contribution in [-0.4, -0.2) is 20.6 Å². The Morgan fingerprint density at radius 1 is 1.14 bits per heavy atom. The van der Waals surface area contributed by atoms with Crippen LogP contribution in [0.5, 0.6) is 0 Å². The summed E-state index contributed by atoms with van der Waals surface area (Å²) in [4.78, 5) is 16.2. The van der Waals surface area contributed by atoms with Gasteiger partial charge in [0.2, 0.25) is 0 Å². The molecule has 1 aromatic heterocycles. The molecule has 4 nitrogen and oxygen atoms in total. The number of benzene rings is 2. The minimum absolute atomic E-state index is 0.522. The van der Waals surface area contributed by atoms with E-state index in [-0.39, 0.29) is 0 Å². The maximum atomic E-state index is 11.5. The molecule has 0 spiro atoms. The summed E-state index contributed by atoms with van der Waals surface area (Å²) in [5, 5.41) is 10.2. The third-order valence-corrected chi connectivity index (χ3v) is 5.21. The topological polar surface area (TPSA) is 55.1 Å². The summed E-state index contributed by atoms with van der Waals surface area (Å²) >= 11 is 6.40. The van der Waals surface area contributed by atoms with E-state index in [9.17, 15) is 9.90 Å². The minimum atomic E-state index is -0.962. The predicted molar refractivity (Wildman–Crippen MR) is 117 cm³/mol. The highest BCUT2D eigenvalue weighted by molar-refractivity contribution is 6.31. The number of carbonyl (C=O) groups is 1. The predicted octanol–water partition coefficient (Wildman–Crippen LogP) is 5.64. The molecule has 29 heavy (non-hydrogen) atoms. The van der Waals surface area contributed by atoms with Crippen molar-refractivity contribution >= 4 is 23.1 Å². The van der Waals surface area contributed by atoms with Crippen molar-refractivity contribution < 1.29 is 9.90 Å². The Hall–Kier alpha value is -2.85. The number of allylic oxidation sites excluding steroid dienone is 1. The van der Waals surface area contributed by atoms with Crippen LogP contribution in [0, 0.1) is 0 Å². The lowest BCUT2D eigenvalue weighted by Crippen LogP contribution is -2.10. The van der Waals surface area contributed by atoms with Gasteiger partial charge in [0, 0.05) is 17.5 Å². The van der Waals surface area contributed by atoms with Gasteiger partial charge in [-0.05, 0) is 35.6 Å². The van der Waals surface area contributed by atoms with Gasteiger partial charge in [-0.15, -0.1) is 0 Å². The standard InChI is InChI=1S/C24H25ClN2O2/c1-2-3-13-23-26-16-22(27(23)17-19-11-7-8-12-21(19)25)20(15-24(28)29)14-18-9-5-4-6-10-18/h4-12,15-16H,2-3,13-14,17H2,1H3,(H,28,29)/b20-15+. The number of imidazole rings is 1. The van der Waals surface area contributed by atoms with Gasteiger partial charge in [-0.2, -0.15) is 0 Å². The number of halogens is 1. The van der Waals surface area contributed by atoms with Crippen LogP contribution in [0.3, 0.4) is 0 Å². The number of carboxylic acid groups (broad SMARTS) is 1. The maximum Gasteiger partial charge on any atom is 0.328 e. The Kier molecular flexibility index (Phi) is 7.25. The van der Waals surface area contributed by atoms with Crippen LogP contribution in [0.4, 0.5) is 0 Å². The Bertz CT molecular complexity index is 993. The lowest BCUT2D eigenvalue weighted by Gasteiger charge is -2.15. The van der Waals surface area contributed by atoms with Crippen LogP contribution in [0.15, 0.2) is 66.9 Å². The van der Waals surface area contributed by atoms with Gasteiger partial charge in [0.05, 0.1) is 18.4 Å². The highest BCUT2D eigenvalue weighted by Gasteiger charge is 2.16. The molecule has 0 bridgehead atoms. The van der Waals surface area contributed by atoms with Crippen LogP contribution >= 0.6 is 11.6 Å². The number of hydrogen-bond acceptors (Lipinski definition) is 2. The number of carboxylic acids is 1. The first-order valence-electron chi connectivity index (χ1n) is 9.84. The van der Waals surface area contributed by atoms with E-state index >= 15 is 0 Å². The van der Waals surface area contributed by atoms with E-state index in [4.69, 9.17) is 11.6 Å². The molecule has 0 unspecified atom stereocenters. The normalized spacial score (nSPS) is 11.6. The molecule has 0 atom stereocenters. The van der Waals surface area contributed by atoms with Gasteiger partial charge in [-0.3, -0.25) is 0 Å². The fraction of sp³-hybridized carbons (Fsp3) is 0.250. The van der Waals surface area contributed by atoms with E-state index in [1.165, 1.54) is 6.08 Å². The second-order valence-electron chi connectivity index (χ2n) is 7.01. The van der Waals surface area contributed by atoms with Gasteiger partial charge in [0.25, 0.3) is 0 Å². The zero-order valence-electron chi connectivity index (χ0n) is 16.5. The SMILES string of the molecule is CCCCc1ncc(/C(=C/C(=O)O)Cc2ccccc2)n1Cc1ccccc1Cl. The Labute approximate surface area is 176 Å². The fourth-order valence-electron chi connectivity index (χ4n) is 3.36. The molecule has 0 amide bonds. The molecule has 0 fully saturated rings. The highest BCUT2D eigenvalue weighted by Crippen LogP contribution is 2.25. The molecule has 0 aliphatic carbocycles. The molecule has 3 aromatic rings. The number of aromatic nitrogens is 2. The maximum absolute atomic E-state index is 11.5. The van der Waals surface area contributed by atoms with Gasteiger partial charge in [0.1, 0.15) is 5.82 Å². The number of aliphatic carboxylic acids is 1. The first kappa shape index (κ1) is 20.9. The molecule has 150 valence electrons. The molecular weight excluding hydrogens is 384 g/mol. The zero-order chi connectivity index (χ0) is 20.6. The minimum Gasteiger partial charge on any atom is -0.478 e. The van der Waals surface area contributed by atoms with Crippen molar-refractivity contribution in [1.82, 2.24) is 9.55 Å². The molecule has 0 aliphatic rings. The zero-order valence-corrected chi connectivity index (χ0v) is 17.3. The summed E-state index contributed by atoms with van der Waals surface area (Å²) < 4.78 is 2.11. The molecule has 2 aromatic carbocycles. The number of nitrogens with zero attached hydrogens (tertiary/aromatic N) is 2. The van der Waals surface area contributed by atoms with Gasteiger partial charge in [-0.1, -0.05) is 73.5 Å². The molecule has 0 aliphatic heterocycles. The molecule has 1 N–H and O–H groups in total. The van der Waals surface area contributed by atoms with Crippen LogP contribution < -0.4 is 0 Å². The largest absolute Gasteiger partial charge is 0.478 e. The van der Waals surface area contributed by atoms with E-state index in [1.54, 1.807) is 6.20 Å². The van der Waals surface area contributed by atoms with Gasteiger partial charge >= 0.3 is 5.97 Å². The van der Waals surface area contributed by atoms with Crippen molar-refractivity contribution in [2.75, 3.05) is 0 Å². The summed E-state index contributed by atoms with van der Waals surface area (Å²) in [6.07, 6.45) is 6.53. The van der Waals surface area contributed by atoms with Crippen molar-refractivity contribution in [2.24, 2.45) is 0 Å². The number of hydrogen-bond donors (Lipinski definition) is 1. The molecule has 5 heteroatoms. The third kappa shape index (κ3) is 5.58. The van der Waals surface area contributed by atoms with Gasteiger partial charge in [0.15, 0.2) is 0 Å². The Morgan fingerprint density at radius 2 is 1.86 bits per heavy atom. The van der Waals surface area contributed by atoms with Gasteiger partial charge < -0.3 is 9.67 Å². The van der Waals surface area contributed by atoms with Crippen molar-refractivity contribution in [3.8, 4) is 0 Å². The summed E-state index contributed by atoms with van der Waals surface area (Å²) in [6, 6.07) is 17.6. The molecule has 3 rings (SSSR count). The third-order valence-electron chi connectivity index (χ3n) is 4.84. The van der Waals surface area contributed by atoms with E-state index in [2.05, 4.69) is 16.5 Å². The van der Waals surface area contributed by atoms with E-state index in [0.717, 1.165) is 47.5 Å². The molecule has 1 heterocycles. The average molecular weight is 409 g/mol. The van der Waals surface area contributed by atoms with E-state index in [1.807, 2.05) is 54.6 Å². The van der Waals surface area contributed by atoms with Crippen LogP contribution in [0.1, 0.15) is 42.4 Å². The molecule has 0 saturated heterocycles. The van der Waals surface area contributed by atoms with Gasteiger partial charge in [-0.25, -0.2) is 9.78 Å². The number of aryl methyl sites for hydroxylation is 1. The van der Waals surface area contributed by atoms with E-state index < -0.39 is 5.97 Å². The quantitative estimate of drug-likeness (QED) is 0.466. The van der Waals surface area contributed by atoms with Crippen molar-refractivity contribution in [1.29, 1.82) is 0 Å². The lowest BCUT2D eigenvalue weighted by atomic mass is 10.0. The Morgan fingerprint density at radius 3 is 2.55 bits per heavy atom. The number of rotatable bonds is 9. The second-order valence-corrected chi connectivity index (χ2v) is 7.42. The van der Waals surface area contributed by atoms with Crippen molar-refractivity contribution in [2.45, 2.75) is 39.2 Å². The molecule has 0 saturated carbocycles. The lowest BCUT2D eigenvalue weighted by molar-refractivity contribution is -0.131. The first-order valence-corrected chi connectivity index (χ1v) is 10.2. The first-order chi connectivity index (χ1) is 14.1. The number of unbranched alkanes of at least 4 members (excludes halogenated alkanes) is 1.